The number of hydrogen-bond acceptors (Lipinski definition) is 5. The number of rotatable bonds is 8. The first-order chi connectivity index (χ1) is 13.1. The van der Waals surface area contributed by atoms with Crippen LogP contribution in [0.2, 0.25) is 5.02 Å². The number of nitrogens with one attached hydrogen (secondary N) is 1. The molecule has 0 spiro atoms. The van der Waals surface area contributed by atoms with E-state index in [4.69, 9.17) is 21.1 Å². The van der Waals surface area contributed by atoms with E-state index in [9.17, 15) is 13.2 Å². The SMILES string of the molecule is COc1ccc(Cl)cc1NC(=O)CN(c1cccc(OC(C)C)c1)S(C)(=O)=O. The highest BCUT2D eigenvalue weighted by molar-refractivity contribution is 7.92. The highest BCUT2D eigenvalue weighted by Crippen LogP contribution is 2.28. The van der Waals surface area contributed by atoms with Gasteiger partial charge in [0, 0.05) is 11.1 Å². The topological polar surface area (TPSA) is 84.9 Å². The maximum atomic E-state index is 12.5. The maximum absolute atomic E-state index is 12.5. The molecule has 0 heterocycles. The summed E-state index contributed by atoms with van der Waals surface area (Å²) in [4.78, 5) is 12.5. The lowest BCUT2D eigenvalue weighted by molar-refractivity contribution is -0.114. The van der Waals surface area contributed by atoms with Crippen molar-refractivity contribution >= 4 is 38.9 Å². The van der Waals surface area contributed by atoms with Crippen LogP contribution in [0.5, 0.6) is 11.5 Å². The van der Waals surface area contributed by atoms with E-state index < -0.39 is 22.5 Å². The van der Waals surface area contributed by atoms with Crippen molar-refractivity contribution in [3.05, 3.63) is 47.5 Å². The molecule has 152 valence electrons. The lowest BCUT2D eigenvalue weighted by atomic mass is 10.2. The van der Waals surface area contributed by atoms with E-state index in [0.29, 0.717) is 27.9 Å². The number of methoxy groups -OCH3 is 1. The minimum absolute atomic E-state index is 0.0690. The molecule has 0 aliphatic rings. The first-order valence-corrected chi connectivity index (χ1v) is 10.7. The number of hydrogen-bond donors (Lipinski definition) is 1. The molecule has 2 aromatic carbocycles. The summed E-state index contributed by atoms with van der Waals surface area (Å²) >= 11 is 5.96. The molecule has 0 bridgehead atoms. The summed E-state index contributed by atoms with van der Waals surface area (Å²) in [6.45, 7) is 3.32. The summed E-state index contributed by atoms with van der Waals surface area (Å²) < 4.78 is 36.4. The molecule has 0 aliphatic carbocycles. The van der Waals surface area contributed by atoms with Crippen LogP contribution in [0.25, 0.3) is 0 Å². The number of amides is 1. The molecule has 0 fully saturated rings. The van der Waals surface area contributed by atoms with Crippen LogP contribution in [0, 0.1) is 0 Å². The number of benzene rings is 2. The van der Waals surface area contributed by atoms with Crippen molar-refractivity contribution in [3.63, 3.8) is 0 Å². The first kappa shape index (κ1) is 21.8. The number of carbonyl (C=O) groups is 1. The molecule has 2 rings (SSSR count). The van der Waals surface area contributed by atoms with Crippen molar-refractivity contribution in [2.75, 3.05) is 29.5 Å². The summed E-state index contributed by atoms with van der Waals surface area (Å²) in [5, 5.41) is 3.05. The van der Waals surface area contributed by atoms with Gasteiger partial charge in [-0.25, -0.2) is 8.42 Å². The normalized spacial score (nSPS) is 11.2. The van der Waals surface area contributed by atoms with Gasteiger partial charge in [-0.15, -0.1) is 0 Å². The van der Waals surface area contributed by atoms with Crippen molar-refractivity contribution < 1.29 is 22.7 Å². The van der Waals surface area contributed by atoms with Gasteiger partial charge >= 0.3 is 0 Å². The van der Waals surface area contributed by atoms with Gasteiger partial charge in [0.2, 0.25) is 15.9 Å². The Balaban J connectivity index is 2.26. The van der Waals surface area contributed by atoms with Crippen LogP contribution in [0.15, 0.2) is 42.5 Å². The van der Waals surface area contributed by atoms with Crippen molar-refractivity contribution in [2.45, 2.75) is 20.0 Å². The lowest BCUT2D eigenvalue weighted by Crippen LogP contribution is -2.37. The number of anilines is 2. The molecule has 28 heavy (non-hydrogen) atoms. The van der Waals surface area contributed by atoms with Gasteiger partial charge in [-0.3, -0.25) is 9.10 Å². The van der Waals surface area contributed by atoms with Crippen LogP contribution >= 0.6 is 11.6 Å². The molecule has 0 radical (unpaired) electrons. The van der Waals surface area contributed by atoms with E-state index >= 15 is 0 Å². The molecular weight excluding hydrogens is 404 g/mol. The molecular formula is C19H23ClN2O5S. The Kier molecular flexibility index (Phi) is 7.15. The van der Waals surface area contributed by atoms with E-state index in [0.717, 1.165) is 10.6 Å². The molecule has 0 aliphatic heterocycles. The molecule has 7 nitrogen and oxygen atoms in total. The van der Waals surface area contributed by atoms with Gasteiger partial charge in [-0.05, 0) is 44.2 Å². The fourth-order valence-electron chi connectivity index (χ4n) is 2.48. The Morgan fingerprint density at radius 2 is 1.93 bits per heavy atom. The molecule has 0 saturated heterocycles. The first-order valence-electron chi connectivity index (χ1n) is 8.48. The van der Waals surface area contributed by atoms with Gasteiger partial charge in [0.25, 0.3) is 0 Å². The van der Waals surface area contributed by atoms with Gasteiger partial charge < -0.3 is 14.8 Å². The molecule has 1 N–H and O–H groups in total. The summed E-state index contributed by atoms with van der Waals surface area (Å²) in [6.07, 6.45) is 0.969. The highest BCUT2D eigenvalue weighted by Gasteiger charge is 2.22. The van der Waals surface area contributed by atoms with Gasteiger partial charge in [0.05, 0.1) is 30.8 Å². The lowest BCUT2D eigenvalue weighted by Gasteiger charge is -2.23. The standard InChI is InChI=1S/C19H23ClN2O5S/c1-13(2)27-16-7-5-6-15(11-16)22(28(4,24)25)12-19(23)21-17-10-14(20)8-9-18(17)26-3/h5-11,13H,12H2,1-4H3,(H,21,23). The number of carbonyl (C=O) groups excluding carboxylic acids is 1. The third kappa shape index (κ3) is 6.03. The van der Waals surface area contributed by atoms with Crippen LogP contribution in [-0.2, 0) is 14.8 Å². The minimum Gasteiger partial charge on any atom is -0.495 e. The summed E-state index contributed by atoms with van der Waals surface area (Å²) in [5.41, 5.74) is 0.680. The number of ether oxygens (including phenoxy) is 2. The van der Waals surface area contributed by atoms with Crippen molar-refractivity contribution in [2.24, 2.45) is 0 Å². The fraction of sp³-hybridized carbons (Fsp3) is 0.316. The van der Waals surface area contributed by atoms with Crippen LogP contribution in [0.4, 0.5) is 11.4 Å². The Hall–Kier alpha value is -2.45. The van der Waals surface area contributed by atoms with Crippen molar-refractivity contribution in [1.29, 1.82) is 0 Å². The highest BCUT2D eigenvalue weighted by atomic mass is 35.5. The number of sulfonamides is 1. The Morgan fingerprint density at radius 3 is 2.54 bits per heavy atom. The van der Waals surface area contributed by atoms with Gasteiger partial charge in [0.1, 0.15) is 18.0 Å². The molecule has 0 aromatic heterocycles. The summed E-state index contributed by atoms with van der Waals surface area (Å²) in [6, 6.07) is 11.3. The third-order valence-electron chi connectivity index (χ3n) is 3.60. The van der Waals surface area contributed by atoms with Crippen LogP contribution < -0.4 is 19.1 Å². The Morgan fingerprint density at radius 1 is 1.21 bits per heavy atom. The Bertz CT molecular complexity index is 947. The van der Waals surface area contributed by atoms with Crippen molar-refractivity contribution in [3.8, 4) is 11.5 Å². The number of nitrogens with zero attached hydrogens (tertiary/aromatic N) is 1. The molecule has 2 aromatic rings. The molecule has 9 heteroatoms. The second-order valence-corrected chi connectivity index (χ2v) is 8.67. The van der Waals surface area contributed by atoms with Crippen molar-refractivity contribution in [1.82, 2.24) is 0 Å². The van der Waals surface area contributed by atoms with E-state index in [1.54, 1.807) is 36.4 Å². The quantitative estimate of drug-likeness (QED) is 0.697. The third-order valence-corrected chi connectivity index (χ3v) is 4.98. The predicted octanol–water partition coefficient (Wildman–Crippen LogP) is 3.54. The smallest absolute Gasteiger partial charge is 0.245 e. The number of halogens is 1. The monoisotopic (exact) mass is 426 g/mol. The van der Waals surface area contributed by atoms with Crippen LogP contribution in [0.1, 0.15) is 13.8 Å². The van der Waals surface area contributed by atoms with Gasteiger partial charge in [-0.2, -0.15) is 0 Å². The minimum atomic E-state index is -3.71. The second-order valence-electron chi connectivity index (χ2n) is 6.33. The van der Waals surface area contributed by atoms with E-state index in [1.165, 1.54) is 13.2 Å². The summed E-state index contributed by atoms with van der Waals surface area (Å²) in [5.74, 6) is 0.384. The fourth-order valence-corrected chi connectivity index (χ4v) is 3.50. The van der Waals surface area contributed by atoms with Gasteiger partial charge in [0.15, 0.2) is 0 Å². The zero-order valence-corrected chi connectivity index (χ0v) is 17.7. The second kappa shape index (κ2) is 9.16. The maximum Gasteiger partial charge on any atom is 0.245 e. The van der Waals surface area contributed by atoms with E-state index in [-0.39, 0.29) is 6.10 Å². The van der Waals surface area contributed by atoms with E-state index in [2.05, 4.69) is 5.32 Å². The molecule has 0 atom stereocenters. The molecule has 0 saturated carbocycles. The zero-order chi connectivity index (χ0) is 20.9. The molecule has 0 unspecified atom stereocenters. The average Bonchev–Trinajstić information content (AvgIpc) is 2.58. The largest absolute Gasteiger partial charge is 0.495 e. The van der Waals surface area contributed by atoms with Gasteiger partial charge in [-0.1, -0.05) is 17.7 Å². The average molecular weight is 427 g/mol. The van der Waals surface area contributed by atoms with Crippen LogP contribution in [-0.4, -0.2) is 40.3 Å². The van der Waals surface area contributed by atoms with E-state index in [1.807, 2.05) is 13.8 Å². The Labute approximate surface area is 170 Å². The predicted molar refractivity (Wildman–Crippen MR) is 111 cm³/mol. The zero-order valence-electron chi connectivity index (χ0n) is 16.1. The van der Waals surface area contributed by atoms with Crippen LogP contribution in [0.3, 0.4) is 0 Å². The molecule has 1 amide bonds. The summed E-state index contributed by atoms with van der Waals surface area (Å²) in [7, 11) is -2.25.